The van der Waals surface area contributed by atoms with E-state index in [1.165, 1.54) is 0 Å². The molecule has 0 fully saturated rings. The van der Waals surface area contributed by atoms with Gasteiger partial charge in [0, 0.05) is 5.02 Å². The summed E-state index contributed by atoms with van der Waals surface area (Å²) < 4.78 is 5.68. The molecular formula is C18H20ClNO2. The van der Waals surface area contributed by atoms with Gasteiger partial charge < -0.3 is 10.1 Å². The highest BCUT2D eigenvalue weighted by Crippen LogP contribution is 2.18. The monoisotopic (exact) mass is 317 g/mol. The zero-order valence-corrected chi connectivity index (χ0v) is 13.7. The Bertz CT molecular complexity index is 657. The van der Waals surface area contributed by atoms with Crippen LogP contribution in [-0.2, 0) is 4.79 Å². The van der Waals surface area contributed by atoms with Crippen LogP contribution in [0.25, 0.3) is 0 Å². The van der Waals surface area contributed by atoms with Crippen molar-refractivity contribution in [3.05, 3.63) is 64.7 Å². The molecule has 2 aromatic rings. The molecule has 0 aliphatic rings. The molecule has 0 bridgehead atoms. The molecule has 1 N–H and O–H groups in total. The summed E-state index contributed by atoms with van der Waals surface area (Å²) in [5, 5.41) is 3.59. The predicted octanol–water partition coefficient (Wildman–Crippen LogP) is 4.29. The Balaban J connectivity index is 1.96. The third-order valence-electron chi connectivity index (χ3n) is 3.38. The number of halogens is 1. The fourth-order valence-corrected chi connectivity index (χ4v) is 2.34. The molecule has 0 spiro atoms. The smallest absolute Gasteiger partial charge is 0.261 e. The average molecular weight is 318 g/mol. The molecule has 22 heavy (non-hydrogen) atoms. The van der Waals surface area contributed by atoms with Crippen molar-refractivity contribution in [3.8, 4) is 5.75 Å². The number of rotatable bonds is 5. The van der Waals surface area contributed by atoms with Gasteiger partial charge in [0.2, 0.25) is 0 Å². The van der Waals surface area contributed by atoms with Crippen molar-refractivity contribution in [2.75, 3.05) is 0 Å². The number of nitrogens with one attached hydrogen (secondary N) is 1. The van der Waals surface area contributed by atoms with Crippen molar-refractivity contribution in [3.63, 3.8) is 0 Å². The van der Waals surface area contributed by atoms with E-state index >= 15 is 0 Å². The minimum atomic E-state index is -0.566. The first-order valence-electron chi connectivity index (χ1n) is 7.25. The van der Waals surface area contributed by atoms with Crippen molar-refractivity contribution < 1.29 is 9.53 Å². The van der Waals surface area contributed by atoms with Crippen LogP contribution in [0.4, 0.5) is 0 Å². The maximum atomic E-state index is 12.2. The second-order valence-corrected chi connectivity index (χ2v) is 5.80. The van der Waals surface area contributed by atoms with Gasteiger partial charge in [-0.05, 0) is 56.2 Å². The van der Waals surface area contributed by atoms with Gasteiger partial charge in [0.05, 0.1) is 6.04 Å². The van der Waals surface area contributed by atoms with Gasteiger partial charge in [-0.2, -0.15) is 0 Å². The summed E-state index contributed by atoms with van der Waals surface area (Å²) in [6.45, 7) is 5.64. The third kappa shape index (κ3) is 4.50. The summed E-state index contributed by atoms with van der Waals surface area (Å²) in [6.07, 6.45) is -0.566. The lowest BCUT2D eigenvalue weighted by molar-refractivity contribution is -0.127. The molecular weight excluding hydrogens is 298 g/mol. The molecule has 0 aliphatic heterocycles. The SMILES string of the molecule is Cc1cccc(OC(C)C(=O)NC(C)c2cccc(Cl)c2)c1. The minimum Gasteiger partial charge on any atom is -0.481 e. The van der Waals surface area contributed by atoms with E-state index in [0.717, 1.165) is 11.1 Å². The summed E-state index contributed by atoms with van der Waals surface area (Å²) in [5.41, 5.74) is 2.06. The van der Waals surface area contributed by atoms with E-state index in [0.29, 0.717) is 10.8 Å². The standard InChI is InChI=1S/C18H20ClNO2/c1-12-6-4-9-17(10-12)22-14(3)18(21)20-13(2)15-7-5-8-16(19)11-15/h4-11,13-14H,1-3H3,(H,20,21). The number of amides is 1. The predicted molar refractivity (Wildman–Crippen MR) is 89.3 cm³/mol. The Morgan fingerprint density at radius 2 is 1.86 bits per heavy atom. The maximum absolute atomic E-state index is 12.2. The van der Waals surface area contributed by atoms with Gasteiger partial charge in [-0.25, -0.2) is 0 Å². The highest BCUT2D eigenvalue weighted by Gasteiger charge is 2.17. The maximum Gasteiger partial charge on any atom is 0.261 e. The van der Waals surface area contributed by atoms with Gasteiger partial charge in [-0.1, -0.05) is 35.9 Å². The second kappa shape index (κ2) is 7.32. The molecule has 116 valence electrons. The Labute approximate surface area is 136 Å². The number of hydrogen-bond donors (Lipinski definition) is 1. The van der Waals surface area contributed by atoms with Gasteiger partial charge in [0.1, 0.15) is 5.75 Å². The zero-order chi connectivity index (χ0) is 16.1. The second-order valence-electron chi connectivity index (χ2n) is 5.36. The Kier molecular flexibility index (Phi) is 5.45. The highest BCUT2D eigenvalue weighted by molar-refractivity contribution is 6.30. The number of carbonyl (C=O) groups excluding carboxylic acids is 1. The van der Waals surface area contributed by atoms with Gasteiger partial charge >= 0.3 is 0 Å². The molecule has 2 aromatic carbocycles. The molecule has 0 aromatic heterocycles. The van der Waals surface area contributed by atoms with Gasteiger partial charge in [-0.3, -0.25) is 4.79 Å². The summed E-state index contributed by atoms with van der Waals surface area (Å²) in [7, 11) is 0. The van der Waals surface area contributed by atoms with Crippen LogP contribution in [0.5, 0.6) is 5.75 Å². The van der Waals surface area contributed by atoms with Crippen molar-refractivity contribution >= 4 is 17.5 Å². The van der Waals surface area contributed by atoms with Crippen LogP contribution in [0.15, 0.2) is 48.5 Å². The van der Waals surface area contributed by atoms with Crippen LogP contribution >= 0.6 is 11.6 Å². The summed E-state index contributed by atoms with van der Waals surface area (Å²) in [5.74, 6) is 0.534. The Morgan fingerprint density at radius 1 is 1.14 bits per heavy atom. The van der Waals surface area contributed by atoms with E-state index in [2.05, 4.69) is 5.32 Å². The van der Waals surface area contributed by atoms with Crippen molar-refractivity contribution in [1.82, 2.24) is 5.32 Å². The first kappa shape index (κ1) is 16.4. The van der Waals surface area contributed by atoms with Gasteiger partial charge in [-0.15, -0.1) is 0 Å². The molecule has 4 heteroatoms. The Morgan fingerprint density at radius 3 is 2.55 bits per heavy atom. The molecule has 2 atom stereocenters. The van der Waals surface area contributed by atoms with E-state index in [4.69, 9.17) is 16.3 Å². The lowest BCUT2D eigenvalue weighted by atomic mass is 10.1. The fraction of sp³-hybridized carbons (Fsp3) is 0.278. The molecule has 0 heterocycles. The molecule has 1 amide bonds. The van der Waals surface area contributed by atoms with Crippen molar-refractivity contribution in [2.24, 2.45) is 0 Å². The van der Waals surface area contributed by atoms with Crippen LogP contribution in [0.3, 0.4) is 0 Å². The normalized spacial score (nSPS) is 13.3. The van der Waals surface area contributed by atoms with Crippen LogP contribution < -0.4 is 10.1 Å². The van der Waals surface area contributed by atoms with Crippen LogP contribution in [0.1, 0.15) is 31.0 Å². The van der Waals surface area contributed by atoms with Crippen molar-refractivity contribution in [1.29, 1.82) is 0 Å². The third-order valence-corrected chi connectivity index (χ3v) is 3.61. The molecule has 0 saturated heterocycles. The van der Waals surface area contributed by atoms with Gasteiger partial charge in [0.25, 0.3) is 5.91 Å². The first-order valence-corrected chi connectivity index (χ1v) is 7.62. The molecule has 2 unspecified atom stereocenters. The largest absolute Gasteiger partial charge is 0.481 e. The first-order chi connectivity index (χ1) is 10.5. The van der Waals surface area contributed by atoms with E-state index < -0.39 is 6.10 Å². The number of aryl methyl sites for hydroxylation is 1. The number of benzene rings is 2. The zero-order valence-electron chi connectivity index (χ0n) is 13.0. The summed E-state index contributed by atoms with van der Waals surface area (Å²) in [4.78, 5) is 12.2. The van der Waals surface area contributed by atoms with Crippen molar-refractivity contribution in [2.45, 2.75) is 32.9 Å². The topological polar surface area (TPSA) is 38.3 Å². The number of carbonyl (C=O) groups is 1. The molecule has 0 saturated carbocycles. The number of ether oxygens (including phenoxy) is 1. The summed E-state index contributed by atoms with van der Waals surface area (Å²) in [6, 6.07) is 15.0. The molecule has 0 radical (unpaired) electrons. The van der Waals surface area contributed by atoms with E-state index in [1.807, 2.05) is 62.4 Å². The summed E-state index contributed by atoms with van der Waals surface area (Å²) >= 11 is 5.97. The Hall–Kier alpha value is -2.00. The van der Waals surface area contributed by atoms with Crippen LogP contribution in [0.2, 0.25) is 5.02 Å². The lowest BCUT2D eigenvalue weighted by Crippen LogP contribution is -2.37. The highest BCUT2D eigenvalue weighted by atomic mass is 35.5. The molecule has 0 aliphatic carbocycles. The van der Waals surface area contributed by atoms with E-state index in [-0.39, 0.29) is 11.9 Å². The average Bonchev–Trinajstić information content (AvgIpc) is 2.47. The van der Waals surface area contributed by atoms with Gasteiger partial charge in [0.15, 0.2) is 6.10 Å². The van der Waals surface area contributed by atoms with Crippen LogP contribution in [-0.4, -0.2) is 12.0 Å². The molecule has 3 nitrogen and oxygen atoms in total. The van der Waals surface area contributed by atoms with E-state index in [9.17, 15) is 4.79 Å². The van der Waals surface area contributed by atoms with E-state index in [1.54, 1.807) is 6.92 Å². The molecule has 2 rings (SSSR count). The quantitative estimate of drug-likeness (QED) is 0.893. The minimum absolute atomic E-state index is 0.130. The van der Waals surface area contributed by atoms with Crippen LogP contribution in [0, 0.1) is 6.92 Å². The lowest BCUT2D eigenvalue weighted by Gasteiger charge is -2.19. The number of hydrogen-bond acceptors (Lipinski definition) is 2. The fourth-order valence-electron chi connectivity index (χ4n) is 2.14.